The van der Waals surface area contributed by atoms with Crippen LogP contribution in [0.5, 0.6) is 0 Å². The second kappa shape index (κ2) is 4.83. The van der Waals surface area contributed by atoms with Gasteiger partial charge in [-0.05, 0) is 18.2 Å². The van der Waals surface area contributed by atoms with Crippen LogP contribution in [-0.4, -0.2) is 30.8 Å². The van der Waals surface area contributed by atoms with Crippen LogP contribution in [0.2, 0.25) is 0 Å². The van der Waals surface area contributed by atoms with Gasteiger partial charge in [0.05, 0.1) is 5.69 Å². The van der Waals surface area contributed by atoms with Gasteiger partial charge in [0.15, 0.2) is 0 Å². The Bertz CT molecular complexity index is 754. The minimum absolute atomic E-state index is 0.288. The number of rotatable bonds is 2. The fourth-order valence-corrected chi connectivity index (χ4v) is 2.00. The van der Waals surface area contributed by atoms with E-state index in [1.807, 2.05) is 0 Å². The Hall–Kier alpha value is -2.91. The molecule has 10 heteroatoms. The van der Waals surface area contributed by atoms with Gasteiger partial charge in [0, 0.05) is 6.20 Å². The Balaban J connectivity index is 2.13. The van der Waals surface area contributed by atoms with Crippen molar-refractivity contribution in [2.24, 2.45) is 0 Å². The van der Waals surface area contributed by atoms with Crippen molar-refractivity contribution in [3.8, 4) is 0 Å². The Morgan fingerprint density at radius 3 is 2.73 bits per heavy atom. The number of nitrogens with one attached hydrogen (secondary N) is 1. The van der Waals surface area contributed by atoms with Crippen molar-refractivity contribution >= 4 is 11.9 Å². The number of allylic oxidation sites excluding steroid dienone is 1. The number of aromatic nitrogens is 4. The summed E-state index contributed by atoms with van der Waals surface area (Å²) in [4.78, 5) is 18.5. The molecule has 114 valence electrons. The van der Waals surface area contributed by atoms with Crippen LogP contribution >= 0.6 is 0 Å². The summed E-state index contributed by atoms with van der Waals surface area (Å²) in [7, 11) is 0. The molecular weight excluding hydrogens is 303 g/mol. The van der Waals surface area contributed by atoms with Gasteiger partial charge in [-0.15, -0.1) is 5.10 Å². The first-order valence-corrected chi connectivity index (χ1v) is 6.03. The Labute approximate surface area is 121 Å². The Morgan fingerprint density at radius 2 is 2.14 bits per heavy atom. The molecule has 0 aromatic carbocycles. The lowest BCUT2D eigenvalue weighted by Gasteiger charge is -2.21. The highest BCUT2D eigenvalue weighted by molar-refractivity contribution is 5.90. The molecule has 1 atom stereocenters. The minimum atomic E-state index is -4.73. The smallest absolute Gasteiger partial charge is 0.453 e. The van der Waals surface area contributed by atoms with E-state index in [0.717, 1.165) is 4.68 Å². The third-order valence-corrected chi connectivity index (χ3v) is 2.94. The summed E-state index contributed by atoms with van der Waals surface area (Å²) >= 11 is 0. The predicted octanol–water partition coefficient (Wildman–Crippen LogP) is 1.68. The lowest BCUT2D eigenvalue weighted by molar-refractivity contribution is -0.145. The van der Waals surface area contributed by atoms with Crippen molar-refractivity contribution in [2.45, 2.75) is 12.2 Å². The van der Waals surface area contributed by atoms with Crippen molar-refractivity contribution in [3.05, 3.63) is 47.7 Å². The first-order chi connectivity index (χ1) is 10.4. The molecule has 0 radical (unpaired) electrons. The lowest BCUT2D eigenvalue weighted by atomic mass is 10.1. The number of fused-ring (bicyclic) bond motifs is 1. The number of aliphatic carboxylic acids is 1. The Kier molecular flexibility index (Phi) is 3.08. The molecule has 1 aliphatic rings. The molecule has 0 saturated carbocycles. The number of alkyl halides is 3. The number of nitrogens with zero attached hydrogens (tertiary/aromatic N) is 4. The molecule has 0 spiro atoms. The highest BCUT2D eigenvalue weighted by Crippen LogP contribution is 2.32. The molecule has 1 aliphatic heterocycles. The van der Waals surface area contributed by atoms with E-state index in [-0.39, 0.29) is 11.6 Å². The average molecular weight is 311 g/mol. The van der Waals surface area contributed by atoms with Crippen molar-refractivity contribution < 1.29 is 23.1 Å². The van der Waals surface area contributed by atoms with Crippen LogP contribution in [0, 0.1) is 0 Å². The predicted molar refractivity (Wildman–Crippen MR) is 66.7 cm³/mol. The van der Waals surface area contributed by atoms with Crippen LogP contribution in [0.3, 0.4) is 0 Å². The minimum Gasteiger partial charge on any atom is -0.477 e. The molecule has 3 heterocycles. The van der Waals surface area contributed by atoms with E-state index in [0.29, 0.717) is 5.69 Å². The summed E-state index contributed by atoms with van der Waals surface area (Å²) in [5, 5.41) is 14.8. The van der Waals surface area contributed by atoms with Crippen LogP contribution in [-0.2, 0) is 11.0 Å². The summed E-state index contributed by atoms with van der Waals surface area (Å²) in [5.74, 6) is -2.97. The van der Waals surface area contributed by atoms with Gasteiger partial charge in [-0.3, -0.25) is 4.98 Å². The highest BCUT2D eigenvalue weighted by atomic mass is 19.4. The number of carboxylic acids is 1. The SMILES string of the molecule is O=C(O)C1=C[C@H](c2ccccn2)n2nc(C(F)(F)F)nc2N1. The third kappa shape index (κ3) is 2.38. The molecule has 0 bridgehead atoms. The zero-order valence-corrected chi connectivity index (χ0v) is 10.7. The maximum Gasteiger partial charge on any atom is 0.453 e. The quantitative estimate of drug-likeness (QED) is 0.876. The maximum absolute atomic E-state index is 12.7. The van der Waals surface area contributed by atoms with Gasteiger partial charge in [0.25, 0.3) is 5.82 Å². The highest BCUT2D eigenvalue weighted by Gasteiger charge is 2.39. The molecule has 0 aliphatic carbocycles. The number of halogens is 3. The monoisotopic (exact) mass is 311 g/mol. The first kappa shape index (κ1) is 14.0. The summed E-state index contributed by atoms with van der Waals surface area (Å²) in [6, 6.07) is 3.94. The van der Waals surface area contributed by atoms with Gasteiger partial charge in [0.2, 0.25) is 5.95 Å². The van der Waals surface area contributed by atoms with Gasteiger partial charge in [-0.1, -0.05) is 6.07 Å². The van der Waals surface area contributed by atoms with Crippen molar-refractivity contribution in [3.63, 3.8) is 0 Å². The fourth-order valence-electron chi connectivity index (χ4n) is 2.00. The largest absolute Gasteiger partial charge is 0.477 e. The molecule has 2 aromatic heterocycles. The van der Waals surface area contributed by atoms with Crippen LogP contribution in [0.15, 0.2) is 36.2 Å². The first-order valence-electron chi connectivity index (χ1n) is 6.03. The average Bonchev–Trinajstić information content (AvgIpc) is 2.91. The number of pyridine rings is 1. The molecule has 2 aromatic rings. The van der Waals surface area contributed by atoms with E-state index in [1.165, 1.54) is 12.3 Å². The van der Waals surface area contributed by atoms with E-state index < -0.39 is 24.0 Å². The zero-order valence-electron chi connectivity index (χ0n) is 10.7. The van der Waals surface area contributed by atoms with E-state index in [1.54, 1.807) is 18.2 Å². The Morgan fingerprint density at radius 1 is 1.36 bits per heavy atom. The maximum atomic E-state index is 12.7. The number of hydrogen-bond donors (Lipinski definition) is 2. The number of anilines is 1. The number of carboxylic acid groups (broad SMARTS) is 1. The van der Waals surface area contributed by atoms with Crippen LogP contribution in [0.4, 0.5) is 19.1 Å². The second-order valence-corrected chi connectivity index (χ2v) is 4.41. The van der Waals surface area contributed by atoms with Gasteiger partial charge in [-0.2, -0.15) is 18.2 Å². The number of hydrogen-bond acceptors (Lipinski definition) is 5. The summed E-state index contributed by atoms with van der Waals surface area (Å²) in [5.41, 5.74) is 0.0619. The van der Waals surface area contributed by atoms with Crippen molar-refractivity contribution in [1.29, 1.82) is 0 Å². The van der Waals surface area contributed by atoms with E-state index >= 15 is 0 Å². The molecular formula is C12H8F3N5O2. The fraction of sp³-hybridized carbons (Fsp3) is 0.167. The van der Waals surface area contributed by atoms with Crippen molar-refractivity contribution in [2.75, 3.05) is 5.32 Å². The summed E-state index contributed by atoms with van der Waals surface area (Å²) in [6.45, 7) is 0. The third-order valence-electron chi connectivity index (χ3n) is 2.94. The van der Waals surface area contributed by atoms with Crippen LogP contribution in [0.1, 0.15) is 17.6 Å². The zero-order chi connectivity index (χ0) is 15.9. The molecule has 3 rings (SSSR count). The molecule has 0 saturated heterocycles. The molecule has 0 amide bonds. The molecule has 0 fully saturated rings. The summed E-state index contributed by atoms with van der Waals surface area (Å²) in [6.07, 6.45) is -2.05. The van der Waals surface area contributed by atoms with Gasteiger partial charge in [0.1, 0.15) is 11.7 Å². The lowest BCUT2D eigenvalue weighted by Crippen LogP contribution is -2.24. The normalized spacial score (nSPS) is 17.4. The van der Waals surface area contributed by atoms with Gasteiger partial charge >= 0.3 is 12.1 Å². The van der Waals surface area contributed by atoms with Crippen LogP contribution < -0.4 is 5.32 Å². The standard InChI is InChI=1S/C12H8F3N5O2/c13-12(14,15)10-18-11-17-7(9(21)22)5-8(20(11)19-10)6-3-1-2-4-16-6/h1-5,8H,(H,21,22)(H,17,18,19)/t8-/m1/s1. The van der Waals surface area contributed by atoms with E-state index in [4.69, 9.17) is 5.11 Å². The molecule has 7 nitrogen and oxygen atoms in total. The number of carbonyl (C=O) groups is 1. The van der Waals surface area contributed by atoms with Crippen molar-refractivity contribution in [1.82, 2.24) is 19.7 Å². The van der Waals surface area contributed by atoms with E-state index in [9.17, 15) is 18.0 Å². The van der Waals surface area contributed by atoms with Gasteiger partial charge in [-0.25, -0.2) is 9.48 Å². The molecule has 22 heavy (non-hydrogen) atoms. The molecule has 2 N–H and O–H groups in total. The molecule has 0 unspecified atom stereocenters. The summed E-state index contributed by atoms with van der Waals surface area (Å²) < 4.78 is 39.2. The van der Waals surface area contributed by atoms with Crippen LogP contribution in [0.25, 0.3) is 0 Å². The van der Waals surface area contributed by atoms with Gasteiger partial charge < -0.3 is 10.4 Å². The topological polar surface area (TPSA) is 92.9 Å². The van der Waals surface area contributed by atoms with E-state index in [2.05, 4.69) is 20.4 Å². The second-order valence-electron chi connectivity index (χ2n) is 4.41.